The zero-order valence-corrected chi connectivity index (χ0v) is 14.9. The van der Waals surface area contributed by atoms with Crippen molar-refractivity contribution < 1.29 is 4.79 Å². The molecule has 1 fully saturated rings. The van der Waals surface area contributed by atoms with Gasteiger partial charge < -0.3 is 4.90 Å². The van der Waals surface area contributed by atoms with E-state index in [1.165, 1.54) is 0 Å². The number of benzene rings is 1. The first-order chi connectivity index (χ1) is 11.7. The van der Waals surface area contributed by atoms with Crippen LogP contribution in [0, 0.1) is 0 Å². The molecule has 1 aliphatic heterocycles. The van der Waals surface area contributed by atoms with Gasteiger partial charge in [-0.05, 0) is 36.1 Å². The fourth-order valence-corrected chi connectivity index (χ4v) is 4.33. The average molecular weight is 338 g/mol. The zero-order chi connectivity index (χ0) is 17.1. The number of amides is 1. The van der Waals surface area contributed by atoms with Gasteiger partial charge in [0.1, 0.15) is 5.37 Å². The normalized spacial score (nSPS) is 18.7. The number of hydrogen-bond donors (Lipinski definition) is 0. The highest BCUT2D eigenvalue weighted by Gasteiger charge is 2.36. The van der Waals surface area contributed by atoms with Crippen molar-refractivity contribution in [3.05, 3.63) is 60.4 Å². The maximum absolute atomic E-state index is 12.4. The molecule has 0 saturated carbocycles. The minimum atomic E-state index is 0.0598. The average Bonchev–Trinajstić information content (AvgIpc) is 3.02. The summed E-state index contributed by atoms with van der Waals surface area (Å²) < 4.78 is 0. The van der Waals surface area contributed by atoms with Crippen molar-refractivity contribution in [2.75, 3.05) is 5.75 Å². The Hall–Kier alpha value is -2.07. The summed E-state index contributed by atoms with van der Waals surface area (Å²) in [5, 5.41) is 0.0598. The number of carbonyl (C=O) groups is 1. The number of nitrogens with zero attached hydrogens (tertiary/aromatic N) is 2. The fraction of sp³-hybridized carbons (Fsp3) is 0.300. The molecule has 0 bridgehead atoms. The van der Waals surface area contributed by atoms with E-state index in [-0.39, 0.29) is 17.3 Å². The van der Waals surface area contributed by atoms with Gasteiger partial charge in [0.15, 0.2) is 0 Å². The summed E-state index contributed by atoms with van der Waals surface area (Å²) in [5.41, 5.74) is 4.46. The van der Waals surface area contributed by atoms with Crippen molar-refractivity contribution in [2.24, 2.45) is 0 Å². The molecule has 0 spiro atoms. The molecule has 2 aromatic rings. The smallest absolute Gasteiger partial charge is 0.234 e. The van der Waals surface area contributed by atoms with Crippen molar-refractivity contribution in [1.82, 2.24) is 9.88 Å². The molecule has 1 aliphatic rings. The number of hydrogen-bond acceptors (Lipinski definition) is 3. The molecular formula is C20H22N2OS. The largest absolute Gasteiger partial charge is 0.323 e. The van der Waals surface area contributed by atoms with Crippen LogP contribution in [0.4, 0.5) is 0 Å². The minimum absolute atomic E-state index is 0.0598. The third-order valence-corrected chi connectivity index (χ3v) is 5.76. The standard InChI is InChI=1S/C20H22N2OS/c1-4-14(3)22-19(23)13-24-20(22)17-10-11-21-12-18(17)16-8-6-15(5-2)7-9-16/h5-12,14,20H,2,4,13H2,1,3H3. The second kappa shape index (κ2) is 7.22. The van der Waals surface area contributed by atoms with Gasteiger partial charge in [-0.25, -0.2) is 0 Å². The Balaban J connectivity index is 2.02. The molecule has 2 heterocycles. The van der Waals surface area contributed by atoms with Gasteiger partial charge in [0.2, 0.25) is 5.91 Å². The first-order valence-corrected chi connectivity index (χ1v) is 9.30. The maximum Gasteiger partial charge on any atom is 0.234 e. The van der Waals surface area contributed by atoms with Crippen molar-refractivity contribution in [1.29, 1.82) is 0 Å². The molecule has 1 aromatic carbocycles. The molecule has 0 radical (unpaired) electrons. The topological polar surface area (TPSA) is 33.2 Å². The first kappa shape index (κ1) is 16.8. The third kappa shape index (κ3) is 3.11. The molecule has 1 saturated heterocycles. The summed E-state index contributed by atoms with van der Waals surface area (Å²) in [5.74, 6) is 0.774. The van der Waals surface area contributed by atoms with Crippen LogP contribution in [-0.4, -0.2) is 27.6 Å². The van der Waals surface area contributed by atoms with Crippen LogP contribution < -0.4 is 0 Å². The van der Waals surface area contributed by atoms with E-state index in [0.29, 0.717) is 5.75 Å². The van der Waals surface area contributed by atoms with Gasteiger partial charge in [-0.1, -0.05) is 43.8 Å². The summed E-state index contributed by atoms with van der Waals surface area (Å²) in [4.78, 5) is 18.7. The SMILES string of the molecule is C=Cc1ccc(-c2cnccc2C2SCC(=O)N2C(C)CC)cc1. The van der Waals surface area contributed by atoms with Crippen LogP contribution in [0.25, 0.3) is 17.2 Å². The molecule has 4 heteroatoms. The van der Waals surface area contributed by atoms with Crippen LogP contribution in [0.5, 0.6) is 0 Å². The lowest BCUT2D eigenvalue weighted by atomic mass is 9.99. The van der Waals surface area contributed by atoms with Crippen molar-refractivity contribution in [3.8, 4) is 11.1 Å². The molecule has 124 valence electrons. The van der Waals surface area contributed by atoms with Gasteiger partial charge in [-0.3, -0.25) is 9.78 Å². The van der Waals surface area contributed by atoms with Crippen molar-refractivity contribution in [2.45, 2.75) is 31.7 Å². The fourth-order valence-electron chi connectivity index (χ4n) is 3.01. The number of rotatable bonds is 5. The molecule has 0 N–H and O–H groups in total. The lowest BCUT2D eigenvalue weighted by molar-refractivity contribution is -0.130. The number of thioether (sulfide) groups is 1. The second-order valence-corrected chi connectivity index (χ2v) is 7.08. The number of carbonyl (C=O) groups excluding carboxylic acids is 1. The van der Waals surface area contributed by atoms with E-state index < -0.39 is 0 Å². The Labute approximate surface area is 147 Å². The van der Waals surface area contributed by atoms with E-state index in [2.05, 4.69) is 49.7 Å². The van der Waals surface area contributed by atoms with E-state index in [4.69, 9.17) is 0 Å². The Morgan fingerprint density at radius 2 is 2.12 bits per heavy atom. The molecule has 3 rings (SSSR count). The van der Waals surface area contributed by atoms with Gasteiger partial charge in [0, 0.05) is 24.0 Å². The molecule has 2 unspecified atom stereocenters. The molecule has 0 aliphatic carbocycles. The summed E-state index contributed by atoms with van der Waals surface area (Å²) in [7, 11) is 0. The van der Waals surface area contributed by atoms with Gasteiger partial charge in [0.25, 0.3) is 0 Å². The minimum Gasteiger partial charge on any atom is -0.323 e. The van der Waals surface area contributed by atoms with Crippen LogP contribution in [0.2, 0.25) is 0 Å². The Morgan fingerprint density at radius 3 is 2.79 bits per heavy atom. The van der Waals surface area contributed by atoms with Crippen LogP contribution in [0.1, 0.15) is 36.8 Å². The van der Waals surface area contributed by atoms with E-state index in [1.807, 2.05) is 29.4 Å². The molecule has 24 heavy (non-hydrogen) atoms. The van der Waals surface area contributed by atoms with E-state index in [1.54, 1.807) is 11.8 Å². The summed E-state index contributed by atoms with van der Waals surface area (Å²) >= 11 is 1.70. The number of aromatic nitrogens is 1. The number of pyridine rings is 1. The van der Waals surface area contributed by atoms with Gasteiger partial charge in [-0.2, -0.15) is 0 Å². The molecule has 1 aromatic heterocycles. The summed E-state index contributed by atoms with van der Waals surface area (Å²) in [6, 6.07) is 10.6. The van der Waals surface area contributed by atoms with Crippen LogP contribution >= 0.6 is 11.8 Å². The molecular weight excluding hydrogens is 316 g/mol. The lowest BCUT2D eigenvalue weighted by Gasteiger charge is -2.30. The first-order valence-electron chi connectivity index (χ1n) is 8.25. The van der Waals surface area contributed by atoms with Gasteiger partial charge in [-0.15, -0.1) is 11.8 Å². The zero-order valence-electron chi connectivity index (χ0n) is 14.1. The third-order valence-electron chi connectivity index (χ3n) is 4.55. The highest BCUT2D eigenvalue weighted by atomic mass is 32.2. The summed E-state index contributed by atoms with van der Waals surface area (Å²) in [6.45, 7) is 8.05. The molecule has 3 nitrogen and oxygen atoms in total. The van der Waals surface area contributed by atoms with Crippen molar-refractivity contribution >= 4 is 23.7 Å². The predicted octanol–water partition coefficient (Wildman–Crippen LogP) is 4.76. The Morgan fingerprint density at radius 1 is 1.38 bits per heavy atom. The van der Waals surface area contributed by atoms with Crippen LogP contribution in [0.15, 0.2) is 49.3 Å². The molecule has 1 amide bonds. The maximum atomic E-state index is 12.4. The second-order valence-electron chi connectivity index (χ2n) is 6.01. The van der Waals surface area contributed by atoms with Crippen molar-refractivity contribution in [3.63, 3.8) is 0 Å². The monoisotopic (exact) mass is 338 g/mol. The van der Waals surface area contributed by atoms with E-state index in [9.17, 15) is 4.79 Å². The van der Waals surface area contributed by atoms with E-state index in [0.717, 1.165) is 28.7 Å². The van der Waals surface area contributed by atoms with Gasteiger partial charge >= 0.3 is 0 Å². The quantitative estimate of drug-likeness (QED) is 0.788. The highest BCUT2D eigenvalue weighted by molar-refractivity contribution is 8.00. The highest BCUT2D eigenvalue weighted by Crippen LogP contribution is 2.43. The van der Waals surface area contributed by atoms with E-state index >= 15 is 0 Å². The lowest BCUT2D eigenvalue weighted by Crippen LogP contribution is -2.36. The summed E-state index contributed by atoms with van der Waals surface area (Å²) in [6.07, 6.45) is 6.51. The van der Waals surface area contributed by atoms with Gasteiger partial charge in [0.05, 0.1) is 5.75 Å². The Kier molecular flexibility index (Phi) is 5.05. The van der Waals surface area contributed by atoms with Crippen LogP contribution in [0.3, 0.4) is 0 Å². The molecule has 2 atom stereocenters. The Bertz CT molecular complexity index is 742. The predicted molar refractivity (Wildman–Crippen MR) is 102 cm³/mol. The van der Waals surface area contributed by atoms with Crippen LogP contribution in [-0.2, 0) is 4.79 Å².